The van der Waals surface area contributed by atoms with Gasteiger partial charge in [-0.05, 0) is 150 Å². The molecule has 4 aromatic carbocycles. The summed E-state index contributed by atoms with van der Waals surface area (Å²) in [5.74, 6) is 0.780. The highest BCUT2D eigenvalue weighted by molar-refractivity contribution is 9.11. The number of benzene rings is 4. The zero-order chi connectivity index (χ0) is 52.3. The first-order valence-electron chi connectivity index (χ1n) is 25.5. The van der Waals surface area contributed by atoms with E-state index in [2.05, 4.69) is 175 Å². The molecule has 14 nitrogen and oxygen atoms in total. The van der Waals surface area contributed by atoms with Crippen molar-refractivity contribution < 1.29 is 19.7 Å². The van der Waals surface area contributed by atoms with E-state index < -0.39 is 11.2 Å². The van der Waals surface area contributed by atoms with Gasteiger partial charge < -0.3 is 28.8 Å². The third-order valence-electron chi connectivity index (χ3n) is 15.1. The number of halogens is 3. The van der Waals surface area contributed by atoms with Gasteiger partial charge in [-0.3, -0.25) is 9.97 Å². The second-order valence-corrected chi connectivity index (χ2v) is 23.3. The van der Waals surface area contributed by atoms with Gasteiger partial charge in [0.2, 0.25) is 0 Å². The van der Waals surface area contributed by atoms with E-state index in [4.69, 9.17) is 19.4 Å². The monoisotopic (exact) mass is 1200 g/mol. The van der Waals surface area contributed by atoms with Gasteiger partial charge in [-0.1, -0.05) is 99.2 Å². The molecule has 386 valence electrons. The fourth-order valence-corrected chi connectivity index (χ4v) is 13.4. The Morgan fingerprint density at radius 3 is 1.43 bits per heavy atom. The molecule has 17 heteroatoms. The summed E-state index contributed by atoms with van der Waals surface area (Å²) in [4.78, 5) is 9.99. The second-order valence-electron chi connectivity index (χ2n) is 20.9. The molecule has 10 aromatic rings. The molecule has 0 unspecified atom stereocenters. The van der Waals surface area contributed by atoms with Gasteiger partial charge >= 0.3 is 0 Å². The van der Waals surface area contributed by atoms with E-state index in [-0.39, 0.29) is 12.1 Å². The van der Waals surface area contributed by atoms with Crippen LogP contribution in [0.25, 0.3) is 66.4 Å². The minimum atomic E-state index is -1.01. The van der Waals surface area contributed by atoms with Crippen molar-refractivity contribution in [2.24, 2.45) is 25.9 Å². The number of rotatable bonds is 10. The van der Waals surface area contributed by atoms with Crippen molar-refractivity contribution in [1.29, 1.82) is 0 Å². The van der Waals surface area contributed by atoms with Gasteiger partial charge in [0.25, 0.3) is 0 Å². The molecule has 0 amide bonds. The van der Waals surface area contributed by atoms with Crippen molar-refractivity contribution in [2.45, 2.75) is 76.7 Å². The van der Waals surface area contributed by atoms with E-state index in [1.165, 1.54) is 11.1 Å². The summed E-state index contributed by atoms with van der Waals surface area (Å²) in [5, 5.41) is 40.8. The zero-order valence-electron chi connectivity index (χ0n) is 42.8. The molecule has 0 bridgehead atoms. The highest BCUT2D eigenvalue weighted by atomic mass is 79.9. The fraction of sp³-hybridized carbons (Fsp3) is 0.345. The largest absolute Gasteiger partial charge is 0.386 e. The van der Waals surface area contributed by atoms with E-state index in [9.17, 15) is 10.2 Å². The number of pyridine rings is 2. The Kier molecular flexibility index (Phi) is 14.2. The Morgan fingerprint density at radius 1 is 0.547 bits per heavy atom. The molecule has 0 radical (unpaired) electrons. The van der Waals surface area contributed by atoms with Crippen molar-refractivity contribution in [3.05, 3.63) is 151 Å². The first kappa shape index (κ1) is 51.4. The minimum absolute atomic E-state index is 0.0704. The van der Waals surface area contributed by atoms with Gasteiger partial charge in [-0.15, -0.1) is 10.2 Å². The van der Waals surface area contributed by atoms with Gasteiger partial charge in [-0.25, -0.2) is 9.36 Å². The number of fused-ring (bicyclic) bond motifs is 6. The molecule has 2 saturated heterocycles. The topological polar surface area (TPSA) is 156 Å². The normalized spacial score (nSPS) is 16.0. The van der Waals surface area contributed by atoms with Gasteiger partial charge in [0.15, 0.2) is 9.21 Å². The summed E-state index contributed by atoms with van der Waals surface area (Å²) in [6.45, 7) is 10.3. The lowest BCUT2D eigenvalue weighted by Gasteiger charge is -2.33. The molecular formula is C58H59Br3N10O4. The van der Waals surface area contributed by atoms with Crippen LogP contribution in [0.4, 0.5) is 0 Å². The summed E-state index contributed by atoms with van der Waals surface area (Å²) in [6.07, 6.45) is 7.69. The Labute approximate surface area is 460 Å². The van der Waals surface area contributed by atoms with Crippen molar-refractivity contribution in [3.63, 3.8) is 0 Å². The smallest absolute Gasteiger partial charge is 0.156 e. The van der Waals surface area contributed by atoms with Crippen LogP contribution in [0.5, 0.6) is 0 Å². The summed E-state index contributed by atoms with van der Waals surface area (Å²) in [6, 6.07) is 36.4. The summed E-state index contributed by atoms with van der Waals surface area (Å²) >= 11 is 10.9. The van der Waals surface area contributed by atoms with Crippen LogP contribution in [0.3, 0.4) is 0 Å². The molecule has 8 heterocycles. The number of ether oxygens (including phenoxy) is 2. The lowest BCUT2D eigenvalue weighted by atomic mass is 9.86. The van der Waals surface area contributed by atoms with Crippen molar-refractivity contribution in [1.82, 2.24) is 49.1 Å². The van der Waals surface area contributed by atoms with Crippen molar-refractivity contribution in [2.75, 3.05) is 26.4 Å². The number of aliphatic hydroxyl groups is 2. The van der Waals surface area contributed by atoms with Crippen LogP contribution in [0.2, 0.25) is 0 Å². The van der Waals surface area contributed by atoms with E-state index in [1.54, 1.807) is 9.36 Å². The predicted octanol–water partition coefficient (Wildman–Crippen LogP) is 12.7. The van der Waals surface area contributed by atoms with E-state index in [0.29, 0.717) is 21.0 Å². The Bertz CT molecular complexity index is 3660. The van der Waals surface area contributed by atoms with Crippen molar-refractivity contribution >= 4 is 91.7 Å². The third-order valence-corrected chi connectivity index (χ3v) is 16.8. The molecule has 2 aliphatic rings. The summed E-state index contributed by atoms with van der Waals surface area (Å²) in [7, 11) is 3.77. The maximum Gasteiger partial charge on any atom is 0.156 e. The Morgan fingerprint density at radius 2 is 1.00 bits per heavy atom. The molecule has 0 spiro atoms. The highest BCUT2D eigenvalue weighted by Crippen LogP contribution is 2.45. The van der Waals surface area contributed by atoms with Crippen LogP contribution >= 0.6 is 47.8 Å². The molecule has 0 saturated carbocycles. The third kappa shape index (κ3) is 9.78. The van der Waals surface area contributed by atoms with Crippen LogP contribution in [0.1, 0.15) is 87.7 Å². The van der Waals surface area contributed by atoms with E-state index >= 15 is 0 Å². The van der Waals surface area contributed by atoms with Crippen LogP contribution in [0, 0.1) is 11.8 Å². The molecule has 2 aliphatic heterocycles. The van der Waals surface area contributed by atoms with Crippen LogP contribution in [-0.2, 0) is 34.8 Å². The number of hydrogen-bond acceptors (Lipinski definition) is 10. The fourth-order valence-electron chi connectivity index (χ4n) is 11.4. The Hall–Kier alpha value is -5.66. The van der Waals surface area contributed by atoms with Crippen molar-refractivity contribution in [3.8, 4) is 22.5 Å². The lowest BCUT2D eigenvalue weighted by molar-refractivity contribution is 0.0551. The number of hydrogen-bond donors (Lipinski definition) is 2. The van der Waals surface area contributed by atoms with Gasteiger partial charge in [0.1, 0.15) is 11.4 Å². The maximum atomic E-state index is 11.0. The molecule has 75 heavy (non-hydrogen) atoms. The number of aryl methyl sites for hydroxylation is 2. The first-order valence-corrected chi connectivity index (χ1v) is 27.8. The van der Waals surface area contributed by atoms with E-state index in [1.807, 2.05) is 60.3 Å². The average molecular weight is 1200 g/mol. The summed E-state index contributed by atoms with van der Waals surface area (Å²) < 4.78 is 22.2. The number of nitrogens with zero attached hydrogens (tertiary/aromatic N) is 10. The molecule has 2 fully saturated rings. The second kappa shape index (κ2) is 20.7. The molecular weight excluding hydrogens is 1140 g/mol. The minimum Gasteiger partial charge on any atom is -0.386 e. The maximum absolute atomic E-state index is 11.0. The quantitative estimate of drug-likeness (QED) is 0.135. The van der Waals surface area contributed by atoms with E-state index in [0.717, 1.165) is 134 Å². The SMILES string of the molecule is Cn1nnc(Br)c1-c1cnc2c3cc(Br)c(C(C)(C)O)cc3n([C@H](c3ccccc3)C3CCOCC3)c2c1.Cn1nnc(Br)c1-c1cnc2c3ccc(C(C)(C)O)cc3n([C@H](c3ccccc3)C3CCOCC3)c2c1. The molecule has 12 rings (SSSR count). The standard InChI is InChI=1S/C29H29Br2N5O2.C29H30BrN5O2/c1-29(2,37)21-15-23-20(14-22(21)30)25-24(13-19(16-32-25)27-28(31)33-34-35(27)3)36(23)26(17-7-5-4-6-8-17)18-9-11-38-12-10-18;1-29(2,36)21-9-10-22-23(16-21)35(26(18-7-5-4-6-8-18)19-11-13-37-14-12-19)24-15-20(17-31-25(22)24)27-28(30)32-33-34(27)3/h4-8,13-16,18,26,37H,9-12H2,1-3H3;4-10,15-17,19,26,36H,11-14H2,1-3H3/t2*26-/m11/s1. The van der Waals surface area contributed by atoms with Crippen LogP contribution < -0.4 is 0 Å². The van der Waals surface area contributed by atoms with Gasteiger partial charge in [0, 0.05) is 79.3 Å². The molecule has 2 atom stereocenters. The molecule has 0 aliphatic carbocycles. The number of aromatic nitrogens is 10. The highest BCUT2D eigenvalue weighted by Gasteiger charge is 2.34. The average Bonchev–Trinajstić information content (AvgIpc) is 4.13. The molecule has 6 aromatic heterocycles. The van der Waals surface area contributed by atoms with Gasteiger partial charge in [-0.2, -0.15) is 0 Å². The zero-order valence-corrected chi connectivity index (χ0v) is 47.5. The Balaban J connectivity index is 0.000000161. The summed E-state index contributed by atoms with van der Waals surface area (Å²) in [5.41, 5.74) is 11.9. The lowest BCUT2D eigenvalue weighted by Crippen LogP contribution is -2.27. The van der Waals surface area contributed by atoms with Crippen LogP contribution in [0.15, 0.2) is 129 Å². The van der Waals surface area contributed by atoms with Gasteiger partial charge in [0.05, 0.1) is 56.4 Å². The molecule has 2 N–H and O–H groups in total. The first-order chi connectivity index (χ1) is 36.1. The van der Waals surface area contributed by atoms with Crippen LogP contribution in [-0.4, -0.2) is 85.7 Å². The predicted molar refractivity (Wildman–Crippen MR) is 304 cm³/mol.